The number of rotatable bonds is 3. The van der Waals surface area contributed by atoms with Gasteiger partial charge in [-0.25, -0.2) is 13.4 Å². The summed E-state index contributed by atoms with van der Waals surface area (Å²) in [5.41, 5.74) is 3.15. The first kappa shape index (κ1) is 22.9. The monoisotopic (exact) mass is 581 g/mol. The Morgan fingerprint density at radius 3 is 2.48 bits per heavy atom. The van der Waals surface area contributed by atoms with E-state index >= 15 is 0 Å². The van der Waals surface area contributed by atoms with Crippen LogP contribution in [0.3, 0.4) is 0 Å². The minimum atomic E-state index is -2.91. The number of nitrogens with one attached hydrogen (secondary N) is 1. The molecule has 0 saturated carbocycles. The molecule has 0 spiro atoms. The van der Waals surface area contributed by atoms with Gasteiger partial charge < -0.3 is 15.1 Å². The number of benzene rings is 1. The Labute approximate surface area is 208 Å². The van der Waals surface area contributed by atoms with Crippen LogP contribution in [0.25, 0.3) is 0 Å². The van der Waals surface area contributed by atoms with Crippen molar-refractivity contribution in [2.45, 2.75) is 25.4 Å². The number of anilines is 3. The number of hydrogen-bond acceptors (Lipinski definition) is 7. The molecule has 0 atom stereocenters. The van der Waals surface area contributed by atoms with Gasteiger partial charge in [0.05, 0.1) is 27.3 Å². The number of nitrogens with zero attached hydrogens (tertiary/aromatic N) is 4. The van der Waals surface area contributed by atoms with E-state index in [0.717, 1.165) is 53.2 Å². The second kappa shape index (κ2) is 9.38. The maximum absolute atomic E-state index is 12.4. The summed E-state index contributed by atoms with van der Waals surface area (Å²) in [5, 5.41) is 3.03. The van der Waals surface area contributed by atoms with Gasteiger partial charge in [0.2, 0.25) is 5.91 Å². The molecule has 2 fully saturated rings. The summed E-state index contributed by atoms with van der Waals surface area (Å²) in [6.45, 7) is 4.02. The van der Waals surface area contributed by atoms with Crippen molar-refractivity contribution in [3.63, 3.8) is 0 Å². The summed E-state index contributed by atoms with van der Waals surface area (Å²) in [4.78, 5) is 23.9. The molecule has 176 valence electrons. The lowest BCUT2D eigenvalue weighted by atomic mass is 10.0. The summed E-state index contributed by atoms with van der Waals surface area (Å²) < 4.78 is 24.7. The Morgan fingerprint density at radius 1 is 1.00 bits per heavy atom. The van der Waals surface area contributed by atoms with Crippen LogP contribution in [0.1, 0.15) is 18.4 Å². The van der Waals surface area contributed by atoms with E-state index in [1.165, 1.54) is 5.56 Å². The Bertz CT molecular complexity index is 1140. The van der Waals surface area contributed by atoms with Gasteiger partial charge >= 0.3 is 0 Å². The highest BCUT2D eigenvalue weighted by atomic mass is 127. The Balaban J connectivity index is 1.25. The molecule has 0 aliphatic carbocycles. The number of sulfone groups is 1. The molecule has 4 heterocycles. The molecule has 3 aliphatic heterocycles. The van der Waals surface area contributed by atoms with Gasteiger partial charge in [-0.15, -0.1) is 0 Å². The molecule has 5 rings (SSSR count). The quantitative estimate of drug-likeness (QED) is 0.558. The maximum atomic E-state index is 12.4. The SMILES string of the molecule is O=C1CN(C2CCN(c3cc(N4CCS(=O)(=O)CC4)c(I)cn3)CC2)Cc2ccccc2N1. The molecule has 1 N–H and O–H groups in total. The van der Waals surface area contributed by atoms with Gasteiger partial charge in [0.1, 0.15) is 5.82 Å². The first-order chi connectivity index (χ1) is 15.9. The number of aromatic nitrogens is 1. The number of carbonyl (C=O) groups excluding carboxylic acids is 1. The van der Waals surface area contributed by atoms with Crippen molar-refractivity contribution in [1.29, 1.82) is 0 Å². The van der Waals surface area contributed by atoms with Crippen LogP contribution in [-0.2, 0) is 21.2 Å². The summed E-state index contributed by atoms with van der Waals surface area (Å²) in [5.74, 6) is 1.41. The van der Waals surface area contributed by atoms with Crippen LogP contribution in [-0.4, -0.2) is 74.5 Å². The predicted octanol–water partition coefficient (Wildman–Crippen LogP) is 2.34. The van der Waals surface area contributed by atoms with Crippen LogP contribution in [0, 0.1) is 3.57 Å². The van der Waals surface area contributed by atoms with E-state index in [9.17, 15) is 13.2 Å². The number of fused-ring (bicyclic) bond motifs is 1. The third-order valence-corrected chi connectivity index (χ3v) is 9.26. The van der Waals surface area contributed by atoms with Crippen LogP contribution >= 0.6 is 22.6 Å². The normalized spacial score (nSPS) is 21.9. The van der Waals surface area contributed by atoms with Gasteiger partial charge in [-0.05, 0) is 47.1 Å². The van der Waals surface area contributed by atoms with Gasteiger partial charge in [-0.2, -0.15) is 0 Å². The maximum Gasteiger partial charge on any atom is 0.238 e. The lowest BCUT2D eigenvalue weighted by Crippen LogP contribution is -2.46. The minimum absolute atomic E-state index is 0.0508. The van der Waals surface area contributed by atoms with Gasteiger partial charge in [0, 0.05) is 56.7 Å². The standard InChI is InChI=1S/C23H28IN5O3S/c24-19-14-25-22(13-21(19)27-9-11-33(31,32)12-10-27)28-7-5-18(6-8-28)29-15-17-3-1-2-4-20(17)26-23(30)16-29/h1-4,13-14,18H,5-12,15-16H2,(H,26,30). The van der Waals surface area contributed by atoms with Crippen molar-refractivity contribution in [3.8, 4) is 0 Å². The number of halogens is 1. The van der Waals surface area contributed by atoms with E-state index in [1.807, 2.05) is 24.4 Å². The number of para-hydroxylation sites is 1. The molecule has 3 aliphatic rings. The third-order valence-electron chi connectivity index (χ3n) is 6.82. The molecule has 8 nitrogen and oxygen atoms in total. The van der Waals surface area contributed by atoms with E-state index in [-0.39, 0.29) is 17.4 Å². The summed E-state index contributed by atoms with van der Waals surface area (Å²) in [7, 11) is -2.91. The van der Waals surface area contributed by atoms with Crippen molar-refractivity contribution in [1.82, 2.24) is 9.88 Å². The number of amides is 1. The first-order valence-electron chi connectivity index (χ1n) is 11.4. The molecule has 0 unspecified atom stereocenters. The predicted molar refractivity (Wildman–Crippen MR) is 139 cm³/mol. The highest BCUT2D eigenvalue weighted by Crippen LogP contribution is 2.30. The molecule has 2 saturated heterocycles. The van der Waals surface area contributed by atoms with Crippen LogP contribution < -0.4 is 15.1 Å². The highest BCUT2D eigenvalue weighted by Gasteiger charge is 2.30. The molecule has 2 aromatic rings. The molecule has 10 heteroatoms. The van der Waals surface area contributed by atoms with Crippen LogP contribution in [0.5, 0.6) is 0 Å². The Kier molecular flexibility index (Phi) is 6.49. The third kappa shape index (κ3) is 5.12. The van der Waals surface area contributed by atoms with E-state index in [0.29, 0.717) is 25.7 Å². The molecule has 1 amide bonds. The first-order valence-corrected chi connectivity index (χ1v) is 14.3. The smallest absolute Gasteiger partial charge is 0.238 e. The lowest BCUT2D eigenvalue weighted by Gasteiger charge is -2.38. The average Bonchev–Trinajstić information content (AvgIpc) is 2.98. The fraction of sp³-hybridized carbons (Fsp3) is 0.478. The fourth-order valence-corrected chi connectivity index (χ4v) is 6.77. The van der Waals surface area contributed by atoms with E-state index in [2.05, 4.69) is 59.7 Å². The van der Waals surface area contributed by atoms with Crippen LogP contribution in [0.4, 0.5) is 17.2 Å². The van der Waals surface area contributed by atoms with Crippen molar-refractivity contribution in [2.24, 2.45) is 0 Å². The van der Waals surface area contributed by atoms with Crippen molar-refractivity contribution < 1.29 is 13.2 Å². The lowest BCUT2D eigenvalue weighted by molar-refractivity contribution is -0.117. The topological polar surface area (TPSA) is 85.9 Å². The molecular formula is C23H28IN5O3S. The number of carbonyl (C=O) groups is 1. The van der Waals surface area contributed by atoms with E-state index < -0.39 is 9.84 Å². The minimum Gasteiger partial charge on any atom is -0.368 e. The Morgan fingerprint density at radius 2 is 1.73 bits per heavy atom. The number of piperidine rings is 1. The highest BCUT2D eigenvalue weighted by molar-refractivity contribution is 14.1. The molecular weight excluding hydrogens is 553 g/mol. The number of pyridine rings is 1. The summed E-state index contributed by atoms with van der Waals surface area (Å²) in [6, 6.07) is 10.5. The molecule has 1 aromatic carbocycles. The summed E-state index contributed by atoms with van der Waals surface area (Å²) in [6.07, 6.45) is 3.83. The van der Waals surface area contributed by atoms with E-state index in [4.69, 9.17) is 0 Å². The molecule has 0 bridgehead atoms. The van der Waals surface area contributed by atoms with Gasteiger partial charge in [0.25, 0.3) is 0 Å². The molecule has 1 aromatic heterocycles. The van der Waals surface area contributed by atoms with Crippen LogP contribution in [0.15, 0.2) is 36.5 Å². The zero-order chi connectivity index (χ0) is 23.0. The van der Waals surface area contributed by atoms with Gasteiger partial charge in [-0.3, -0.25) is 9.69 Å². The van der Waals surface area contributed by atoms with Gasteiger partial charge in [0.15, 0.2) is 9.84 Å². The number of hydrogen-bond donors (Lipinski definition) is 1. The van der Waals surface area contributed by atoms with Crippen molar-refractivity contribution in [2.75, 3.05) is 59.3 Å². The largest absolute Gasteiger partial charge is 0.368 e. The zero-order valence-electron chi connectivity index (χ0n) is 18.4. The van der Waals surface area contributed by atoms with Crippen molar-refractivity contribution in [3.05, 3.63) is 45.7 Å². The zero-order valence-corrected chi connectivity index (χ0v) is 21.4. The van der Waals surface area contributed by atoms with Crippen LogP contribution in [0.2, 0.25) is 0 Å². The average molecular weight is 581 g/mol. The summed E-state index contributed by atoms with van der Waals surface area (Å²) >= 11 is 2.28. The second-order valence-electron chi connectivity index (χ2n) is 8.96. The van der Waals surface area contributed by atoms with Gasteiger partial charge in [-0.1, -0.05) is 18.2 Å². The fourth-order valence-electron chi connectivity index (χ4n) is 4.93. The van der Waals surface area contributed by atoms with Crippen molar-refractivity contribution >= 4 is 55.5 Å². The van der Waals surface area contributed by atoms with E-state index in [1.54, 1.807) is 0 Å². The Hall–Kier alpha value is -1.92. The molecule has 33 heavy (non-hydrogen) atoms. The molecule has 0 radical (unpaired) electrons. The second-order valence-corrected chi connectivity index (χ2v) is 12.4.